The molecule has 0 aromatic heterocycles. The van der Waals surface area contributed by atoms with E-state index in [4.69, 9.17) is 5.11 Å². The standard InChI is InChI=1S/C25H40N2O8S4/c1-16(22(30)26-11-5-8-19(26)24(32)33)13-36-37-15-18(7-3-4-10-21(28)29)39-38-14-17(2)23(31)27-12-6-9-20(27)25(34)35/h16-20H,3-15H2,1-2H3,(H,28,29)(H,32,33)(H,34,35). The largest absolute Gasteiger partial charge is 0.481 e. The zero-order chi connectivity index (χ0) is 28.9. The van der Waals surface area contributed by atoms with E-state index < -0.39 is 30.0 Å². The van der Waals surface area contributed by atoms with Crippen molar-refractivity contribution in [2.75, 3.05) is 30.3 Å². The van der Waals surface area contributed by atoms with Crippen LogP contribution in [0.5, 0.6) is 0 Å². The van der Waals surface area contributed by atoms with Gasteiger partial charge in [0, 0.05) is 53.9 Å². The number of unbranched alkanes of at least 4 members (excludes halogenated alkanes) is 1. The summed E-state index contributed by atoms with van der Waals surface area (Å²) in [6, 6.07) is -1.46. The number of amides is 2. The first-order valence-corrected chi connectivity index (χ1v) is 18.2. The van der Waals surface area contributed by atoms with Gasteiger partial charge in [-0.1, -0.05) is 63.4 Å². The van der Waals surface area contributed by atoms with Gasteiger partial charge in [0.25, 0.3) is 0 Å². The van der Waals surface area contributed by atoms with Crippen molar-refractivity contribution in [3.8, 4) is 0 Å². The van der Waals surface area contributed by atoms with Crippen molar-refractivity contribution in [1.82, 2.24) is 9.80 Å². The van der Waals surface area contributed by atoms with Crippen molar-refractivity contribution in [2.45, 2.75) is 82.5 Å². The van der Waals surface area contributed by atoms with Crippen molar-refractivity contribution in [3.05, 3.63) is 0 Å². The molecule has 14 heteroatoms. The fourth-order valence-electron chi connectivity index (χ4n) is 4.60. The predicted molar refractivity (Wildman–Crippen MR) is 158 cm³/mol. The van der Waals surface area contributed by atoms with Crippen LogP contribution in [0.3, 0.4) is 0 Å². The van der Waals surface area contributed by atoms with Crippen LogP contribution >= 0.6 is 43.2 Å². The second-order valence-electron chi connectivity index (χ2n) is 10.1. The summed E-state index contributed by atoms with van der Waals surface area (Å²) in [6.45, 7) is 4.62. The lowest BCUT2D eigenvalue weighted by Gasteiger charge is -2.25. The van der Waals surface area contributed by atoms with Crippen molar-refractivity contribution < 1.29 is 39.3 Å². The fourth-order valence-corrected chi connectivity index (χ4v) is 10.9. The molecule has 222 valence electrons. The highest BCUT2D eigenvalue weighted by molar-refractivity contribution is 8.78. The van der Waals surface area contributed by atoms with E-state index in [2.05, 4.69) is 0 Å². The number of carbonyl (C=O) groups is 5. The number of hydrogen-bond acceptors (Lipinski definition) is 9. The van der Waals surface area contributed by atoms with Gasteiger partial charge in [-0.05, 0) is 38.5 Å². The van der Waals surface area contributed by atoms with E-state index in [0.717, 1.165) is 18.6 Å². The molecule has 0 aromatic rings. The zero-order valence-corrected chi connectivity index (χ0v) is 25.8. The Balaban J connectivity index is 1.78. The molecule has 0 aliphatic carbocycles. The third kappa shape index (κ3) is 11.3. The summed E-state index contributed by atoms with van der Waals surface area (Å²) >= 11 is 0. The molecule has 39 heavy (non-hydrogen) atoms. The van der Waals surface area contributed by atoms with Gasteiger partial charge in [0.2, 0.25) is 11.8 Å². The number of aliphatic carboxylic acids is 3. The summed E-state index contributed by atoms with van der Waals surface area (Å²) < 4.78 is 0. The summed E-state index contributed by atoms with van der Waals surface area (Å²) in [7, 11) is 6.49. The monoisotopic (exact) mass is 624 g/mol. The van der Waals surface area contributed by atoms with E-state index in [1.165, 1.54) is 9.80 Å². The lowest BCUT2D eigenvalue weighted by Crippen LogP contribution is -2.43. The maximum atomic E-state index is 12.8. The number of carboxylic acid groups (broad SMARTS) is 3. The van der Waals surface area contributed by atoms with Crippen LogP contribution in [-0.2, 0) is 24.0 Å². The van der Waals surface area contributed by atoms with Crippen LogP contribution in [0.2, 0.25) is 0 Å². The Morgan fingerprint density at radius 1 is 0.744 bits per heavy atom. The average Bonchev–Trinajstić information content (AvgIpc) is 3.57. The van der Waals surface area contributed by atoms with Gasteiger partial charge in [0.05, 0.1) is 0 Å². The van der Waals surface area contributed by atoms with E-state index in [1.807, 2.05) is 13.8 Å². The van der Waals surface area contributed by atoms with Gasteiger partial charge in [-0.15, -0.1) is 0 Å². The molecule has 0 radical (unpaired) electrons. The summed E-state index contributed by atoms with van der Waals surface area (Å²) in [4.78, 5) is 62.2. The fraction of sp³-hybridized carbons (Fsp3) is 0.800. The van der Waals surface area contributed by atoms with E-state index in [9.17, 15) is 34.2 Å². The van der Waals surface area contributed by atoms with Crippen LogP contribution in [0.1, 0.15) is 65.2 Å². The Morgan fingerprint density at radius 2 is 1.23 bits per heavy atom. The first-order valence-electron chi connectivity index (χ1n) is 13.3. The minimum Gasteiger partial charge on any atom is -0.481 e. The molecular formula is C25H40N2O8S4. The van der Waals surface area contributed by atoms with E-state index in [1.54, 1.807) is 43.2 Å². The molecule has 2 aliphatic rings. The van der Waals surface area contributed by atoms with E-state index >= 15 is 0 Å². The first-order chi connectivity index (χ1) is 18.5. The van der Waals surface area contributed by atoms with Gasteiger partial charge in [0.1, 0.15) is 12.1 Å². The Hall–Kier alpha value is -1.25. The van der Waals surface area contributed by atoms with Crippen LogP contribution in [-0.4, -0.2) is 103 Å². The molecule has 2 heterocycles. The lowest BCUT2D eigenvalue weighted by molar-refractivity contribution is -0.149. The molecule has 5 atom stereocenters. The Kier molecular flexibility index (Phi) is 15.3. The lowest BCUT2D eigenvalue weighted by atomic mass is 10.1. The number of nitrogens with zero attached hydrogens (tertiary/aromatic N) is 2. The molecule has 2 saturated heterocycles. The molecule has 0 aromatic carbocycles. The molecule has 0 bridgehead atoms. The smallest absolute Gasteiger partial charge is 0.326 e. The minimum atomic E-state index is -0.954. The Bertz CT molecular complexity index is 864. The SMILES string of the molecule is CC(CSSCC(CCCCC(=O)O)SSCC(C)C(=O)N1CCCC1C(=O)O)C(=O)N1CCCC1C(=O)O. The van der Waals surface area contributed by atoms with Gasteiger partial charge < -0.3 is 25.1 Å². The average molecular weight is 625 g/mol. The molecule has 3 N–H and O–H groups in total. The van der Waals surface area contributed by atoms with Gasteiger partial charge >= 0.3 is 17.9 Å². The quantitative estimate of drug-likeness (QED) is 0.148. The molecule has 2 rings (SSSR count). The maximum absolute atomic E-state index is 12.8. The molecule has 0 spiro atoms. The second-order valence-corrected chi connectivity index (χ2v) is 15.3. The second kappa shape index (κ2) is 17.5. The summed E-state index contributed by atoms with van der Waals surface area (Å²) in [5, 5.41) is 27.9. The van der Waals surface area contributed by atoms with Gasteiger partial charge in [-0.3, -0.25) is 14.4 Å². The Morgan fingerprint density at radius 3 is 1.72 bits per heavy atom. The third-order valence-electron chi connectivity index (χ3n) is 6.83. The van der Waals surface area contributed by atoms with Crippen LogP contribution < -0.4 is 0 Å². The zero-order valence-electron chi connectivity index (χ0n) is 22.5. The summed E-state index contributed by atoms with van der Waals surface area (Å²) in [5.41, 5.74) is 0. The molecule has 5 unspecified atom stereocenters. The van der Waals surface area contributed by atoms with Gasteiger partial charge in [-0.2, -0.15) is 0 Å². The van der Waals surface area contributed by atoms with Gasteiger partial charge in [-0.25, -0.2) is 9.59 Å². The van der Waals surface area contributed by atoms with E-state index in [-0.39, 0.29) is 35.3 Å². The molecule has 10 nitrogen and oxygen atoms in total. The maximum Gasteiger partial charge on any atom is 0.326 e. The highest BCUT2D eigenvalue weighted by Gasteiger charge is 2.37. The number of likely N-dealkylation sites (tertiary alicyclic amines) is 2. The Labute approximate surface area is 245 Å². The number of carboxylic acids is 3. The topological polar surface area (TPSA) is 153 Å². The van der Waals surface area contributed by atoms with Crippen LogP contribution in [0.15, 0.2) is 0 Å². The van der Waals surface area contributed by atoms with Crippen molar-refractivity contribution in [2.24, 2.45) is 11.8 Å². The molecule has 2 aliphatic heterocycles. The van der Waals surface area contributed by atoms with Crippen molar-refractivity contribution in [1.29, 1.82) is 0 Å². The van der Waals surface area contributed by atoms with Crippen molar-refractivity contribution in [3.63, 3.8) is 0 Å². The highest BCUT2D eigenvalue weighted by Crippen LogP contribution is 2.37. The minimum absolute atomic E-state index is 0.120. The highest BCUT2D eigenvalue weighted by atomic mass is 33.1. The van der Waals surface area contributed by atoms with Gasteiger partial charge in [0.15, 0.2) is 0 Å². The van der Waals surface area contributed by atoms with Crippen molar-refractivity contribution >= 4 is 72.9 Å². The molecule has 2 amide bonds. The van der Waals surface area contributed by atoms with Crippen LogP contribution in [0.4, 0.5) is 0 Å². The molecule has 0 saturated carbocycles. The summed E-state index contributed by atoms with van der Waals surface area (Å²) in [5.74, 6) is -1.64. The predicted octanol–water partition coefficient (Wildman–Crippen LogP) is 4.19. The number of hydrogen-bond donors (Lipinski definition) is 3. The van der Waals surface area contributed by atoms with Crippen LogP contribution in [0, 0.1) is 11.8 Å². The number of carbonyl (C=O) groups excluding carboxylic acids is 2. The third-order valence-corrected chi connectivity index (χ3v) is 12.8. The molecule has 2 fully saturated rings. The van der Waals surface area contributed by atoms with Crippen LogP contribution in [0.25, 0.3) is 0 Å². The van der Waals surface area contributed by atoms with E-state index in [0.29, 0.717) is 56.7 Å². The normalized spacial score (nSPS) is 21.5. The number of rotatable bonds is 18. The molecular weight excluding hydrogens is 585 g/mol. The first kappa shape index (κ1) is 34.0. The summed E-state index contributed by atoms with van der Waals surface area (Å²) in [6.07, 6.45) is 4.73.